The molecule has 0 saturated carbocycles. The van der Waals surface area contributed by atoms with E-state index in [1.54, 1.807) is 0 Å². The lowest BCUT2D eigenvalue weighted by molar-refractivity contribution is -0.870. The number of likely N-dealkylation sites (N-methyl/N-ethyl adjacent to an activating group) is 1. The van der Waals surface area contributed by atoms with Crippen molar-refractivity contribution >= 4 is 13.7 Å². The minimum Gasteiger partial charge on any atom is -0.391 e. The molecule has 3 unspecified atom stereocenters. The number of aliphatic hydroxyl groups is 1. The van der Waals surface area contributed by atoms with Crippen LogP contribution in [0.15, 0.2) is 0 Å². The van der Waals surface area contributed by atoms with Crippen molar-refractivity contribution in [3.05, 3.63) is 0 Å². The predicted molar refractivity (Wildman–Crippen MR) is 360 cm³/mol. The molecule has 3 atom stereocenters. The molecule has 8 nitrogen and oxygen atoms in total. The van der Waals surface area contributed by atoms with Gasteiger partial charge in [0, 0.05) is 6.42 Å². The van der Waals surface area contributed by atoms with Crippen LogP contribution >= 0.6 is 7.82 Å². The van der Waals surface area contributed by atoms with Crippen LogP contribution < -0.4 is 5.32 Å². The van der Waals surface area contributed by atoms with Crippen molar-refractivity contribution in [3.8, 4) is 0 Å². The van der Waals surface area contributed by atoms with E-state index in [-0.39, 0.29) is 19.1 Å². The van der Waals surface area contributed by atoms with Crippen molar-refractivity contribution < 1.29 is 32.9 Å². The number of phosphoric ester groups is 1. The first-order valence-corrected chi connectivity index (χ1v) is 38.9. The molecule has 0 aromatic carbocycles. The van der Waals surface area contributed by atoms with E-state index in [1.165, 1.54) is 347 Å². The molecular weight excluding hydrogens is 1030 g/mol. The minimum absolute atomic E-state index is 0.0796. The Balaban J connectivity index is 3.94. The van der Waals surface area contributed by atoms with Gasteiger partial charge in [-0.3, -0.25) is 13.8 Å². The first-order chi connectivity index (χ1) is 40.0. The van der Waals surface area contributed by atoms with Crippen LogP contribution in [0.3, 0.4) is 0 Å². The molecule has 9 heteroatoms. The lowest BCUT2D eigenvalue weighted by Crippen LogP contribution is -2.46. The standard InChI is InChI=1S/C73H149N2O6P/c1-6-8-10-12-14-16-18-20-22-24-26-28-30-32-34-36-37-39-41-43-45-47-49-51-53-55-57-59-61-63-65-67-73(77)74-71(70-81-82(78,79)80-69-68-75(3,4)5)72(76)66-64-62-60-58-56-54-52-50-48-46-44-42-40-38-35-33-31-29-27-25-23-21-19-17-15-13-11-9-7-2/h71-72,76H,6-70H2,1-5H3,(H-,74,77,78,79)/p+1. The van der Waals surface area contributed by atoms with Crippen molar-refractivity contribution in [2.75, 3.05) is 40.9 Å². The molecule has 0 heterocycles. The molecule has 0 aliphatic carbocycles. The molecule has 0 spiro atoms. The second kappa shape index (κ2) is 65.0. The van der Waals surface area contributed by atoms with Gasteiger partial charge in [-0.1, -0.05) is 393 Å². The third-order valence-electron chi connectivity index (χ3n) is 17.9. The largest absolute Gasteiger partial charge is 0.472 e. The summed E-state index contributed by atoms with van der Waals surface area (Å²) in [6.07, 6.45) is 82.3. The molecule has 0 aromatic heterocycles. The summed E-state index contributed by atoms with van der Waals surface area (Å²) in [5, 5.41) is 14.2. The van der Waals surface area contributed by atoms with Gasteiger partial charge in [-0.05, 0) is 12.8 Å². The van der Waals surface area contributed by atoms with Gasteiger partial charge in [0.15, 0.2) is 0 Å². The van der Waals surface area contributed by atoms with Gasteiger partial charge in [-0.2, -0.15) is 0 Å². The summed E-state index contributed by atoms with van der Waals surface area (Å²) in [6.45, 7) is 4.97. The topological polar surface area (TPSA) is 105 Å². The Morgan fingerprint density at radius 1 is 0.366 bits per heavy atom. The van der Waals surface area contributed by atoms with Gasteiger partial charge in [-0.15, -0.1) is 0 Å². The summed E-state index contributed by atoms with van der Waals surface area (Å²) in [4.78, 5) is 23.5. The number of carbonyl (C=O) groups is 1. The SMILES string of the molecule is CCCCCCCCCCCCCCCCCCCCCCCCCCCCCCCCCC(=O)NC(COP(=O)(O)OCC[N+](C)(C)C)C(O)CCCCCCCCCCCCCCCCCCCCCCCCCCCCCCC. The van der Waals surface area contributed by atoms with Crippen LogP contribution in [0.2, 0.25) is 0 Å². The van der Waals surface area contributed by atoms with Gasteiger partial charge < -0.3 is 19.8 Å². The summed E-state index contributed by atoms with van der Waals surface area (Å²) < 4.78 is 23.9. The molecule has 0 aromatic rings. The van der Waals surface area contributed by atoms with E-state index in [0.29, 0.717) is 23.9 Å². The number of amides is 1. The Bertz CT molecular complexity index is 1300. The summed E-state index contributed by atoms with van der Waals surface area (Å²) in [5.41, 5.74) is 0. The molecule has 82 heavy (non-hydrogen) atoms. The smallest absolute Gasteiger partial charge is 0.391 e. The number of nitrogens with one attached hydrogen (secondary N) is 1. The van der Waals surface area contributed by atoms with E-state index in [2.05, 4.69) is 19.2 Å². The lowest BCUT2D eigenvalue weighted by Gasteiger charge is -2.26. The second-order valence-electron chi connectivity index (χ2n) is 27.4. The van der Waals surface area contributed by atoms with Crippen LogP contribution in [0.4, 0.5) is 0 Å². The Morgan fingerprint density at radius 2 is 0.585 bits per heavy atom. The average Bonchev–Trinajstić information content (AvgIpc) is 3.47. The van der Waals surface area contributed by atoms with Crippen molar-refractivity contribution in [1.29, 1.82) is 0 Å². The maximum absolute atomic E-state index is 13.1. The van der Waals surface area contributed by atoms with Gasteiger partial charge in [0.05, 0.1) is 39.9 Å². The highest BCUT2D eigenvalue weighted by molar-refractivity contribution is 7.47. The van der Waals surface area contributed by atoms with Crippen molar-refractivity contribution in [1.82, 2.24) is 5.32 Å². The highest BCUT2D eigenvalue weighted by Crippen LogP contribution is 2.43. The van der Waals surface area contributed by atoms with Gasteiger partial charge in [0.1, 0.15) is 13.2 Å². The predicted octanol–water partition coefficient (Wildman–Crippen LogP) is 23.9. The Labute approximate surface area is 514 Å². The van der Waals surface area contributed by atoms with Crippen LogP contribution in [0.5, 0.6) is 0 Å². The average molecular weight is 1180 g/mol. The van der Waals surface area contributed by atoms with E-state index in [4.69, 9.17) is 9.05 Å². The van der Waals surface area contributed by atoms with Crippen LogP contribution in [0, 0.1) is 0 Å². The number of unbranched alkanes of at least 4 members (excludes halogenated alkanes) is 58. The molecule has 0 fully saturated rings. The zero-order chi connectivity index (χ0) is 59.8. The molecule has 0 aliphatic rings. The highest BCUT2D eigenvalue weighted by atomic mass is 31.2. The second-order valence-corrected chi connectivity index (χ2v) is 28.9. The van der Waals surface area contributed by atoms with E-state index >= 15 is 0 Å². The fourth-order valence-electron chi connectivity index (χ4n) is 12.1. The molecule has 1 amide bonds. The number of hydrogen-bond acceptors (Lipinski definition) is 5. The van der Waals surface area contributed by atoms with E-state index in [1.807, 2.05) is 21.1 Å². The maximum atomic E-state index is 13.1. The number of quaternary nitrogens is 1. The third-order valence-corrected chi connectivity index (χ3v) is 18.8. The zero-order valence-corrected chi connectivity index (χ0v) is 57.4. The number of nitrogens with zero attached hydrogens (tertiary/aromatic N) is 1. The number of carbonyl (C=O) groups excluding carboxylic acids is 1. The Hall–Kier alpha value is -0.500. The Morgan fingerprint density at radius 3 is 0.817 bits per heavy atom. The molecule has 492 valence electrons. The van der Waals surface area contributed by atoms with Crippen LogP contribution in [0.1, 0.15) is 412 Å². The first kappa shape index (κ1) is 81.5. The van der Waals surface area contributed by atoms with Crippen molar-refractivity contribution in [2.45, 2.75) is 424 Å². The summed E-state index contributed by atoms with van der Waals surface area (Å²) in [7, 11) is 1.64. The quantitative estimate of drug-likeness (QED) is 0.0318. The van der Waals surface area contributed by atoms with Gasteiger partial charge in [-0.25, -0.2) is 4.57 Å². The lowest BCUT2D eigenvalue weighted by atomic mass is 10.0. The van der Waals surface area contributed by atoms with E-state index in [9.17, 15) is 19.4 Å². The van der Waals surface area contributed by atoms with Crippen LogP contribution in [0.25, 0.3) is 0 Å². The maximum Gasteiger partial charge on any atom is 0.472 e. The van der Waals surface area contributed by atoms with Crippen molar-refractivity contribution in [3.63, 3.8) is 0 Å². The summed E-state index contributed by atoms with van der Waals surface area (Å²) >= 11 is 0. The Kier molecular flexibility index (Phi) is 64.6. The minimum atomic E-state index is -4.33. The molecule has 0 rings (SSSR count). The number of phosphoric acid groups is 1. The van der Waals surface area contributed by atoms with Gasteiger partial charge in [0.25, 0.3) is 0 Å². The molecular formula is C73H150N2O6P+. The number of aliphatic hydroxyl groups excluding tert-OH is 1. The molecule has 0 radical (unpaired) electrons. The molecule has 0 saturated heterocycles. The fourth-order valence-corrected chi connectivity index (χ4v) is 12.8. The van der Waals surface area contributed by atoms with Crippen LogP contribution in [-0.4, -0.2) is 73.4 Å². The molecule has 0 aliphatic heterocycles. The highest BCUT2D eigenvalue weighted by Gasteiger charge is 2.28. The molecule has 3 N–H and O–H groups in total. The fraction of sp³-hybridized carbons (Fsp3) is 0.986. The number of rotatable bonds is 71. The van der Waals surface area contributed by atoms with Gasteiger partial charge in [0.2, 0.25) is 5.91 Å². The molecule has 0 bridgehead atoms. The van der Waals surface area contributed by atoms with Crippen LogP contribution in [-0.2, 0) is 18.4 Å². The third kappa shape index (κ3) is 67.0. The van der Waals surface area contributed by atoms with E-state index in [0.717, 1.165) is 38.5 Å². The summed E-state index contributed by atoms with van der Waals surface area (Å²) in [5.74, 6) is -0.132. The summed E-state index contributed by atoms with van der Waals surface area (Å²) in [6, 6.07) is -0.757. The zero-order valence-electron chi connectivity index (χ0n) is 56.5. The van der Waals surface area contributed by atoms with E-state index < -0.39 is 20.0 Å². The monoisotopic (exact) mass is 1180 g/mol. The first-order valence-electron chi connectivity index (χ1n) is 37.4. The van der Waals surface area contributed by atoms with Gasteiger partial charge >= 0.3 is 7.82 Å². The normalized spacial score (nSPS) is 13.5. The number of hydrogen-bond donors (Lipinski definition) is 3. The van der Waals surface area contributed by atoms with Crippen molar-refractivity contribution in [2.24, 2.45) is 0 Å².